The molecular weight excluding hydrogens is 428 g/mol. The molecule has 0 radical (unpaired) electrons. The van der Waals surface area contributed by atoms with Gasteiger partial charge >= 0.3 is 0 Å². The Morgan fingerprint density at radius 2 is 2.10 bits per heavy atom. The number of anilines is 1. The predicted molar refractivity (Wildman–Crippen MR) is 90.9 cm³/mol. The Morgan fingerprint density at radius 1 is 1.43 bits per heavy atom. The second-order valence-electron chi connectivity index (χ2n) is 4.05. The minimum absolute atomic E-state index is 0.114. The van der Waals surface area contributed by atoms with Crippen LogP contribution in [0.25, 0.3) is 0 Å². The van der Waals surface area contributed by atoms with Crippen LogP contribution in [0.3, 0.4) is 0 Å². The zero-order chi connectivity index (χ0) is 16.0. The molecule has 1 unspecified atom stereocenters. The van der Waals surface area contributed by atoms with Gasteiger partial charge in [0.2, 0.25) is 11.8 Å². The molecule has 1 aromatic rings. The first-order valence-electron chi connectivity index (χ1n) is 5.90. The van der Waals surface area contributed by atoms with E-state index in [1.165, 1.54) is 11.0 Å². The first kappa shape index (κ1) is 18.0. The molecule has 0 aliphatic rings. The van der Waals surface area contributed by atoms with Gasteiger partial charge < -0.3 is 5.32 Å². The summed E-state index contributed by atoms with van der Waals surface area (Å²) in [4.78, 5) is 25.4. The lowest BCUT2D eigenvalue weighted by molar-refractivity contribution is -0.125. The van der Waals surface area contributed by atoms with Gasteiger partial charge in [0.1, 0.15) is 12.6 Å². The van der Waals surface area contributed by atoms with Crippen molar-refractivity contribution in [2.75, 3.05) is 15.9 Å². The van der Waals surface area contributed by atoms with E-state index >= 15 is 0 Å². The Labute approximate surface area is 146 Å². The van der Waals surface area contributed by atoms with Crippen LogP contribution >= 0.6 is 45.8 Å². The molecule has 0 saturated heterocycles. The van der Waals surface area contributed by atoms with E-state index < -0.39 is 11.9 Å². The molecule has 21 heavy (non-hydrogen) atoms. The van der Waals surface area contributed by atoms with Crippen LogP contribution in [0.4, 0.5) is 5.69 Å². The van der Waals surface area contributed by atoms with Gasteiger partial charge in [0.15, 0.2) is 0 Å². The van der Waals surface area contributed by atoms with Crippen molar-refractivity contribution in [2.45, 2.75) is 13.0 Å². The Hall–Kier alpha value is -1.04. The van der Waals surface area contributed by atoms with E-state index in [9.17, 15) is 9.59 Å². The third-order valence-corrected chi connectivity index (χ3v) is 4.06. The number of rotatable bonds is 5. The summed E-state index contributed by atoms with van der Waals surface area (Å²) in [5.41, 5.74) is 0.477. The van der Waals surface area contributed by atoms with E-state index in [0.29, 0.717) is 15.7 Å². The van der Waals surface area contributed by atoms with E-state index in [-0.39, 0.29) is 16.9 Å². The van der Waals surface area contributed by atoms with Gasteiger partial charge in [-0.1, -0.05) is 45.8 Å². The number of alkyl halides is 1. The number of benzene rings is 1. The number of nitrogens with one attached hydrogen (secondary N) is 1. The molecule has 0 bridgehead atoms. The number of amides is 2. The Morgan fingerprint density at radius 3 is 2.62 bits per heavy atom. The zero-order valence-electron chi connectivity index (χ0n) is 11.1. The lowest BCUT2D eigenvalue weighted by Crippen LogP contribution is -2.48. The molecule has 0 aliphatic carbocycles. The van der Waals surface area contributed by atoms with Crippen molar-refractivity contribution >= 4 is 63.3 Å². The normalized spacial score (nSPS) is 11.4. The van der Waals surface area contributed by atoms with Crippen LogP contribution in [-0.2, 0) is 9.59 Å². The van der Waals surface area contributed by atoms with E-state index in [4.69, 9.17) is 28.5 Å². The molecule has 5 nitrogen and oxygen atoms in total. The van der Waals surface area contributed by atoms with Crippen LogP contribution in [0.15, 0.2) is 18.2 Å². The number of nitriles is 1. The maximum atomic E-state index is 12.1. The Balaban J connectivity index is 3.11. The quantitative estimate of drug-likeness (QED) is 0.435. The highest BCUT2D eigenvalue weighted by molar-refractivity contribution is 14.1. The van der Waals surface area contributed by atoms with Crippen molar-refractivity contribution in [1.29, 1.82) is 5.26 Å². The van der Waals surface area contributed by atoms with Crippen molar-refractivity contribution in [1.82, 2.24) is 5.32 Å². The smallest absolute Gasteiger partial charge is 0.243 e. The van der Waals surface area contributed by atoms with E-state index in [1.54, 1.807) is 19.1 Å². The number of nitrogens with zero attached hydrogens (tertiary/aromatic N) is 2. The minimum Gasteiger partial charge on any atom is -0.341 e. The highest BCUT2D eigenvalue weighted by Crippen LogP contribution is 2.28. The fourth-order valence-corrected chi connectivity index (χ4v) is 2.33. The number of carbonyl (C=O) groups is 2. The summed E-state index contributed by atoms with van der Waals surface area (Å²) < 4.78 is 0.202. The lowest BCUT2D eigenvalue weighted by atomic mass is 10.2. The van der Waals surface area contributed by atoms with Crippen molar-refractivity contribution in [3.63, 3.8) is 0 Å². The van der Waals surface area contributed by atoms with Crippen LogP contribution in [0.5, 0.6) is 0 Å². The lowest BCUT2D eigenvalue weighted by Gasteiger charge is -2.28. The fourth-order valence-electron chi connectivity index (χ4n) is 1.67. The molecule has 0 aromatic heterocycles. The van der Waals surface area contributed by atoms with Gasteiger partial charge in [0, 0.05) is 5.69 Å². The monoisotopic (exact) mass is 439 g/mol. The molecule has 1 atom stereocenters. The van der Waals surface area contributed by atoms with Crippen molar-refractivity contribution in [3.8, 4) is 6.07 Å². The second kappa shape index (κ2) is 8.41. The Kier molecular flexibility index (Phi) is 7.22. The average Bonchev–Trinajstić information content (AvgIpc) is 2.48. The first-order chi connectivity index (χ1) is 9.92. The third kappa shape index (κ3) is 4.73. The highest BCUT2D eigenvalue weighted by atomic mass is 127. The van der Waals surface area contributed by atoms with Gasteiger partial charge in [-0.25, -0.2) is 0 Å². The molecule has 1 N–H and O–H groups in total. The highest BCUT2D eigenvalue weighted by Gasteiger charge is 2.26. The van der Waals surface area contributed by atoms with Gasteiger partial charge in [-0.2, -0.15) is 5.26 Å². The maximum Gasteiger partial charge on any atom is 0.243 e. The van der Waals surface area contributed by atoms with Gasteiger partial charge in [0.05, 0.1) is 20.5 Å². The van der Waals surface area contributed by atoms with Crippen molar-refractivity contribution < 1.29 is 9.59 Å². The van der Waals surface area contributed by atoms with Gasteiger partial charge in [0.25, 0.3) is 0 Å². The summed E-state index contributed by atoms with van der Waals surface area (Å²) in [6.07, 6.45) is 0. The number of hydrogen-bond acceptors (Lipinski definition) is 3. The molecule has 0 heterocycles. The molecule has 0 spiro atoms. The van der Waals surface area contributed by atoms with Crippen molar-refractivity contribution in [2.24, 2.45) is 0 Å². The zero-order valence-corrected chi connectivity index (χ0v) is 14.7. The molecule has 0 saturated carbocycles. The topological polar surface area (TPSA) is 73.2 Å². The molecular formula is C13H12Cl2IN3O2. The van der Waals surface area contributed by atoms with E-state index in [0.717, 1.165) is 0 Å². The van der Waals surface area contributed by atoms with Crippen LogP contribution in [-0.4, -0.2) is 28.8 Å². The van der Waals surface area contributed by atoms with E-state index in [2.05, 4.69) is 5.32 Å². The fraction of sp³-hybridized carbons (Fsp3) is 0.308. The number of halogens is 3. The second-order valence-corrected chi connectivity index (χ2v) is 5.62. The summed E-state index contributed by atoms with van der Waals surface area (Å²) in [6, 6.07) is 5.76. The summed E-state index contributed by atoms with van der Waals surface area (Å²) in [6.45, 7) is 1.47. The molecule has 8 heteroatoms. The molecule has 0 aliphatic heterocycles. The van der Waals surface area contributed by atoms with Crippen LogP contribution in [0, 0.1) is 11.3 Å². The van der Waals surface area contributed by atoms with Crippen LogP contribution in [0.1, 0.15) is 6.92 Å². The summed E-state index contributed by atoms with van der Waals surface area (Å²) in [5, 5.41) is 11.6. The number of hydrogen-bond donors (Lipinski definition) is 1. The summed E-state index contributed by atoms with van der Waals surface area (Å²) in [5.74, 6) is -0.658. The molecule has 112 valence electrons. The van der Waals surface area contributed by atoms with Gasteiger partial charge in [-0.3, -0.25) is 14.5 Å². The third-order valence-electron chi connectivity index (χ3n) is 2.67. The SMILES string of the molecule is CC(C(=O)NCC#N)N(C(=O)CI)c1ccc(Cl)c(Cl)c1. The Bertz CT molecular complexity index is 589. The molecule has 1 aromatic carbocycles. The molecule has 1 rings (SSSR count). The van der Waals surface area contributed by atoms with Gasteiger partial charge in [-0.05, 0) is 25.1 Å². The van der Waals surface area contributed by atoms with Crippen molar-refractivity contribution in [3.05, 3.63) is 28.2 Å². The first-order valence-corrected chi connectivity index (χ1v) is 8.18. The van der Waals surface area contributed by atoms with Gasteiger partial charge in [-0.15, -0.1) is 0 Å². The van der Waals surface area contributed by atoms with E-state index in [1.807, 2.05) is 28.7 Å². The molecule has 0 fully saturated rings. The molecule has 2 amide bonds. The largest absolute Gasteiger partial charge is 0.341 e. The predicted octanol–water partition coefficient (Wildman–Crippen LogP) is 2.79. The van der Waals surface area contributed by atoms with Crippen LogP contribution < -0.4 is 10.2 Å². The standard InChI is InChI=1S/C13H12Cl2IN3O2/c1-8(13(21)18-5-4-17)19(12(20)7-16)9-2-3-10(14)11(15)6-9/h2-3,6,8H,5,7H2,1H3,(H,18,21). The number of carbonyl (C=O) groups excluding carboxylic acids is 2. The maximum absolute atomic E-state index is 12.1. The average molecular weight is 440 g/mol. The summed E-state index contributed by atoms with van der Waals surface area (Å²) in [7, 11) is 0. The summed E-state index contributed by atoms with van der Waals surface area (Å²) >= 11 is 13.7. The van der Waals surface area contributed by atoms with Crippen LogP contribution in [0.2, 0.25) is 10.0 Å². The minimum atomic E-state index is -0.766.